The Balaban J connectivity index is 1.48. The largest absolute Gasteiger partial charge is 0.493 e. The van der Waals surface area contributed by atoms with Crippen molar-refractivity contribution in [1.29, 1.82) is 0 Å². The Hall–Kier alpha value is -2.90. The van der Waals surface area contributed by atoms with E-state index in [0.29, 0.717) is 17.8 Å². The molecule has 1 saturated heterocycles. The number of carbonyl (C=O) groups excluding carboxylic acids is 2. The molecule has 1 aliphatic rings. The Labute approximate surface area is 183 Å². The zero-order chi connectivity index (χ0) is 22.4. The highest BCUT2D eigenvalue weighted by Gasteiger charge is 2.20. The number of piperazine rings is 1. The van der Waals surface area contributed by atoms with E-state index < -0.39 is 0 Å². The summed E-state index contributed by atoms with van der Waals surface area (Å²) in [5.74, 6) is 1.46. The van der Waals surface area contributed by atoms with Gasteiger partial charge in [-0.15, -0.1) is 0 Å². The summed E-state index contributed by atoms with van der Waals surface area (Å²) in [6.07, 6.45) is 0. The minimum atomic E-state index is -0.0419. The monoisotopic (exact) mass is 425 g/mol. The van der Waals surface area contributed by atoms with E-state index in [1.807, 2.05) is 12.1 Å². The summed E-state index contributed by atoms with van der Waals surface area (Å²) in [6, 6.07) is 11.0. The smallest absolute Gasteiger partial charge is 0.238 e. The lowest BCUT2D eigenvalue weighted by Gasteiger charge is -2.34. The molecule has 0 aliphatic carbocycles. The van der Waals surface area contributed by atoms with Gasteiger partial charge in [0.1, 0.15) is 0 Å². The van der Waals surface area contributed by atoms with Gasteiger partial charge in [-0.05, 0) is 61.4 Å². The van der Waals surface area contributed by atoms with Crippen LogP contribution in [0, 0.1) is 6.92 Å². The number of hydrogen-bond acceptors (Lipinski definition) is 6. The van der Waals surface area contributed by atoms with E-state index in [-0.39, 0.29) is 11.7 Å². The van der Waals surface area contributed by atoms with Gasteiger partial charge in [0.05, 0.1) is 20.8 Å². The van der Waals surface area contributed by atoms with Crippen LogP contribution in [0.1, 0.15) is 28.4 Å². The quantitative estimate of drug-likeness (QED) is 0.656. The van der Waals surface area contributed by atoms with Gasteiger partial charge < -0.3 is 14.8 Å². The third-order valence-electron chi connectivity index (χ3n) is 5.64. The van der Waals surface area contributed by atoms with E-state index in [4.69, 9.17) is 9.47 Å². The first kappa shape index (κ1) is 22.8. The van der Waals surface area contributed by atoms with Crippen molar-refractivity contribution < 1.29 is 19.1 Å². The lowest BCUT2D eigenvalue weighted by atomic mass is 10.1. The standard InChI is InChI=1S/C24H31N3O4/c1-17-13-22(30-3)23(31-4)14-20(17)15-26-9-11-27(12-10-26)16-24(29)25-21-7-5-19(6-8-21)18(2)28/h5-8,13-14H,9-12,15-16H2,1-4H3,(H,25,29). The molecule has 0 radical (unpaired) electrons. The SMILES string of the molecule is COc1cc(C)c(CN2CCN(CC(=O)Nc3ccc(C(C)=O)cc3)CC2)cc1OC. The summed E-state index contributed by atoms with van der Waals surface area (Å²) in [5.41, 5.74) is 3.74. The second kappa shape index (κ2) is 10.4. The lowest BCUT2D eigenvalue weighted by Crippen LogP contribution is -2.48. The maximum Gasteiger partial charge on any atom is 0.238 e. The first-order valence-electron chi connectivity index (χ1n) is 10.5. The molecule has 0 bridgehead atoms. The van der Waals surface area contributed by atoms with E-state index in [0.717, 1.165) is 44.2 Å². The van der Waals surface area contributed by atoms with Gasteiger partial charge in [0.2, 0.25) is 5.91 Å². The van der Waals surface area contributed by atoms with Gasteiger partial charge in [0, 0.05) is 44.0 Å². The number of carbonyl (C=O) groups is 2. The number of aryl methyl sites for hydroxylation is 1. The molecule has 1 N–H and O–H groups in total. The molecule has 7 heteroatoms. The number of ketones is 1. The van der Waals surface area contributed by atoms with Crippen LogP contribution in [0.15, 0.2) is 36.4 Å². The van der Waals surface area contributed by atoms with Crippen LogP contribution in [0.3, 0.4) is 0 Å². The summed E-state index contributed by atoms with van der Waals surface area (Å²) in [7, 11) is 3.30. The van der Waals surface area contributed by atoms with Crippen LogP contribution in [-0.4, -0.2) is 68.4 Å². The lowest BCUT2D eigenvalue weighted by molar-refractivity contribution is -0.117. The number of rotatable bonds is 8. The third-order valence-corrected chi connectivity index (χ3v) is 5.64. The van der Waals surface area contributed by atoms with Gasteiger partial charge in [-0.1, -0.05) is 0 Å². The highest BCUT2D eigenvalue weighted by molar-refractivity contribution is 5.96. The van der Waals surface area contributed by atoms with E-state index in [2.05, 4.69) is 22.0 Å². The predicted octanol–water partition coefficient (Wildman–Crippen LogP) is 2.97. The molecule has 3 rings (SSSR count). The fourth-order valence-corrected chi connectivity index (χ4v) is 3.73. The van der Waals surface area contributed by atoms with Crippen molar-refractivity contribution in [1.82, 2.24) is 9.80 Å². The van der Waals surface area contributed by atoms with Gasteiger partial charge >= 0.3 is 0 Å². The van der Waals surface area contributed by atoms with Crippen molar-refractivity contribution in [2.24, 2.45) is 0 Å². The van der Waals surface area contributed by atoms with Crippen molar-refractivity contribution in [3.8, 4) is 11.5 Å². The number of methoxy groups -OCH3 is 2. The van der Waals surface area contributed by atoms with Crippen LogP contribution in [0.25, 0.3) is 0 Å². The predicted molar refractivity (Wildman–Crippen MR) is 121 cm³/mol. The number of ether oxygens (including phenoxy) is 2. The van der Waals surface area contributed by atoms with E-state index >= 15 is 0 Å². The van der Waals surface area contributed by atoms with Crippen LogP contribution in [-0.2, 0) is 11.3 Å². The summed E-state index contributed by atoms with van der Waals surface area (Å²) in [4.78, 5) is 28.3. The molecular weight excluding hydrogens is 394 g/mol. The topological polar surface area (TPSA) is 71.1 Å². The number of nitrogens with zero attached hydrogens (tertiary/aromatic N) is 2. The van der Waals surface area contributed by atoms with E-state index in [1.165, 1.54) is 18.1 Å². The fraction of sp³-hybridized carbons (Fsp3) is 0.417. The average molecular weight is 426 g/mol. The molecule has 1 heterocycles. The number of nitrogens with one attached hydrogen (secondary N) is 1. The number of anilines is 1. The highest BCUT2D eigenvalue weighted by Crippen LogP contribution is 2.31. The van der Waals surface area contributed by atoms with Gasteiger partial charge in [-0.2, -0.15) is 0 Å². The van der Waals surface area contributed by atoms with Gasteiger partial charge in [0.25, 0.3) is 0 Å². The molecule has 0 unspecified atom stereocenters. The zero-order valence-electron chi connectivity index (χ0n) is 18.7. The van der Waals surface area contributed by atoms with Crippen LogP contribution in [0.5, 0.6) is 11.5 Å². The Morgan fingerprint density at radius 3 is 2.10 bits per heavy atom. The summed E-state index contributed by atoms with van der Waals surface area (Å²) < 4.78 is 10.8. The van der Waals surface area contributed by atoms with Crippen LogP contribution < -0.4 is 14.8 Å². The number of hydrogen-bond donors (Lipinski definition) is 1. The molecule has 31 heavy (non-hydrogen) atoms. The summed E-state index contributed by atoms with van der Waals surface area (Å²) in [5, 5.41) is 2.91. The fourth-order valence-electron chi connectivity index (χ4n) is 3.73. The highest BCUT2D eigenvalue weighted by atomic mass is 16.5. The molecule has 1 aliphatic heterocycles. The Morgan fingerprint density at radius 1 is 0.935 bits per heavy atom. The van der Waals surface area contributed by atoms with Crippen molar-refractivity contribution >= 4 is 17.4 Å². The number of amides is 1. The zero-order valence-corrected chi connectivity index (χ0v) is 18.7. The molecule has 1 amide bonds. The Bertz CT molecular complexity index is 919. The van der Waals surface area contributed by atoms with Crippen molar-refractivity contribution in [3.63, 3.8) is 0 Å². The van der Waals surface area contributed by atoms with Crippen LogP contribution >= 0.6 is 0 Å². The molecule has 1 fully saturated rings. The number of Topliss-reactive ketones (excluding diaryl/α,β-unsaturated/α-hetero) is 1. The summed E-state index contributed by atoms with van der Waals surface area (Å²) in [6.45, 7) is 8.28. The van der Waals surface area contributed by atoms with E-state index in [9.17, 15) is 9.59 Å². The molecule has 2 aromatic rings. The third kappa shape index (κ3) is 6.06. The van der Waals surface area contributed by atoms with Crippen molar-refractivity contribution in [2.45, 2.75) is 20.4 Å². The van der Waals surface area contributed by atoms with Crippen molar-refractivity contribution in [3.05, 3.63) is 53.1 Å². The first-order chi connectivity index (χ1) is 14.9. The van der Waals surface area contributed by atoms with Gasteiger partial charge in [0.15, 0.2) is 17.3 Å². The molecule has 0 spiro atoms. The average Bonchev–Trinajstić information content (AvgIpc) is 2.76. The molecule has 0 aromatic heterocycles. The molecule has 166 valence electrons. The summed E-state index contributed by atoms with van der Waals surface area (Å²) >= 11 is 0. The first-order valence-corrected chi connectivity index (χ1v) is 10.5. The van der Waals surface area contributed by atoms with Crippen LogP contribution in [0.2, 0.25) is 0 Å². The minimum Gasteiger partial charge on any atom is -0.493 e. The molecule has 2 aromatic carbocycles. The van der Waals surface area contributed by atoms with Gasteiger partial charge in [-0.25, -0.2) is 0 Å². The Morgan fingerprint density at radius 2 is 1.52 bits per heavy atom. The molecule has 0 atom stereocenters. The van der Waals surface area contributed by atoms with Crippen molar-refractivity contribution in [2.75, 3.05) is 52.3 Å². The molecular formula is C24H31N3O4. The van der Waals surface area contributed by atoms with E-state index in [1.54, 1.807) is 38.5 Å². The number of benzene rings is 2. The second-order valence-electron chi connectivity index (χ2n) is 7.87. The maximum absolute atomic E-state index is 12.4. The second-order valence-corrected chi connectivity index (χ2v) is 7.87. The van der Waals surface area contributed by atoms with Crippen LogP contribution in [0.4, 0.5) is 5.69 Å². The molecule has 0 saturated carbocycles. The normalized spacial score (nSPS) is 14.8. The maximum atomic E-state index is 12.4. The Kier molecular flexibility index (Phi) is 7.65. The minimum absolute atomic E-state index is 0.0130. The van der Waals surface area contributed by atoms with Gasteiger partial charge in [-0.3, -0.25) is 19.4 Å². The molecule has 7 nitrogen and oxygen atoms in total.